The summed E-state index contributed by atoms with van der Waals surface area (Å²) < 4.78 is 7.31. The normalized spacial score (nSPS) is 18.9. The van der Waals surface area contributed by atoms with E-state index >= 15 is 0 Å². The minimum atomic E-state index is -0.292. The monoisotopic (exact) mass is 246 g/mol. The Morgan fingerprint density at radius 3 is 2.94 bits per heavy atom. The summed E-state index contributed by atoms with van der Waals surface area (Å²) in [7, 11) is 0. The highest BCUT2D eigenvalue weighted by Gasteiger charge is 2.20. The van der Waals surface area contributed by atoms with E-state index in [0.29, 0.717) is 0 Å². The summed E-state index contributed by atoms with van der Waals surface area (Å²) in [5.74, 6) is 0.875. The first kappa shape index (κ1) is 11.5. The molecule has 0 bridgehead atoms. The summed E-state index contributed by atoms with van der Waals surface area (Å²) in [4.78, 5) is 0. The van der Waals surface area contributed by atoms with Crippen molar-refractivity contribution in [2.24, 2.45) is 0 Å². The predicted molar refractivity (Wildman–Crippen MR) is 67.4 cm³/mol. The Morgan fingerprint density at radius 2 is 2.28 bits per heavy atom. The molecule has 0 amide bonds. The number of hydrogen-bond acceptors (Lipinski definition) is 3. The zero-order chi connectivity index (χ0) is 12.7. The van der Waals surface area contributed by atoms with Crippen molar-refractivity contribution in [1.29, 1.82) is 0 Å². The standard InChI is InChI=1S/C14H18N2O2/c1-9-12(10(2)18-15-9)7-16-6-11-4-3-5-14(17)13(11)8-16/h6,8,14,17H,3-5,7H2,1-2H3. The zero-order valence-corrected chi connectivity index (χ0v) is 10.8. The maximum absolute atomic E-state index is 9.97. The van der Waals surface area contributed by atoms with Crippen molar-refractivity contribution in [3.8, 4) is 0 Å². The highest BCUT2D eigenvalue weighted by Crippen LogP contribution is 2.30. The number of aliphatic hydroxyl groups is 1. The molecule has 18 heavy (non-hydrogen) atoms. The molecule has 1 aliphatic carbocycles. The average Bonchev–Trinajstić information content (AvgIpc) is 2.89. The highest BCUT2D eigenvalue weighted by atomic mass is 16.5. The van der Waals surface area contributed by atoms with Crippen molar-refractivity contribution in [3.05, 3.63) is 40.5 Å². The summed E-state index contributed by atoms with van der Waals surface area (Å²) in [6.07, 6.45) is 6.93. The summed E-state index contributed by atoms with van der Waals surface area (Å²) in [6.45, 7) is 4.67. The molecule has 2 heterocycles. The maximum atomic E-state index is 9.97. The second-order valence-corrected chi connectivity index (χ2v) is 5.12. The summed E-state index contributed by atoms with van der Waals surface area (Å²) in [5.41, 5.74) is 4.45. The molecular weight excluding hydrogens is 228 g/mol. The number of nitrogens with zero attached hydrogens (tertiary/aromatic N) is 2. The molecule has 4 heteroatoms. The van der Waals surface area contributed by atoms with Crippen LogP contribution in [0.3, 0.4) is 0 Å². The van der Waals surface area contributed by atoms with Gasteiger partial charge in [0.05, 0.1) is 18.3 Å². The smallest absolute Gasteiger partial charge is 0.138 e. The molecule has 2 aromatic heterocycles. The lowest BCUT2D eigenvalue weighted by Gasteiger charge is -2.16. The molecule has 0 spiro atoms. The van der Waals surface area contributed by atoms with Crippen molar-refractivity contribution in [2.75, 3.05) is 0 Å². The van der Waals surface area contributed by atoms with E-state index in [4.69, 9.17) is 4.52 Å². The lowest BCUT2D eigenvalue weighted by atomic mass is 9.93. The lowest BCUT2D eigenvalue weighted by molar-refractivity contribution is 0.157. The van der Waals surface area contributed by atoms with Gasteiger partial charge in [-0.25, -0.2) is 0 Å². The minimum absolute atomic E-state index is 0.292. The van der Waals surface area contributed by atoms with Gasteiger partial charge in [0.25, 0.3) is 0 Å². The molecular formula is C14H18N2O2. The van der Waals surface area contributed by atoms with Gasteiger partial charge in [-0.2, -0.15) is 0 Å². The Labute approximate surface area is 106 Å². The van der Waals surface area contributed by atoms with Crippen LogP contribution < -0.4 is 0 Å². The van der Waals surface area contributed by atoms with Crippen LogP contribution in [0.1, 0.15) is 47.1 Å². The topological polar surface area (TPSA) is 51.2 Å². The van der Waals surface area contributed by atoms with Gasteiger partial charge in [-0.15, -0.1) is 0 Å². The third-order valence-electron chi connectivity index (χ3n) is 3.80. The number of hydrogen-bond donors (Lipinski definition) is 1. The van der Waals surface area contributed by atoms with Gasteiger partial charge >= 0.3 is 0 Å². The molecule has 1 N–H and O–H groups in total. The molecule has 0 saturated carbocycles. The van der Waals surface area contributed by atoms with Gasteiger partial charge in [-0.3, -0.25) is 0 Å². The van der Waals surface area contributed by atoms with E-state index in [1.165, 1.54) is 5.56 Å². The van der Waals surface area contributed by atoms with Crippen molar-refractivity contribution in [2.45, 2.75) is 45.8 Å². The summed E-state index contributed by atoms with van der Waals surface area (Å²) in [5, 5.41) is 13.9. The Morgan fingerprint density at radius 1 is 1.44 bits per heavy atom. The molecule has 2 aromatic rings. The van der Waals surface area contributed by atoms with Crippen molar-refractivity contribution >= 4 is 0 Å². The van der Waals surface area contributed by atoms with Gasteiger partial charge in [0.2, 0.25) is 0 Å². The zero-order valence-electron chi connectivity index (χ0n) is 10.8. The molecule has 96 valence electrons. The van der Waals surface area contributed by atoms with Crippen LogP contribution in [-0.4, -0.2) is 14.8 Å². The fraction of sp³-hybridized carbons (Fsp3) is 0.500. The van der Waals surface area contributed by atoms with Crippen molar-refractivity contribution < 1.29 is 9.63 Å². The Bertz CT molecular complexity index is 549. The second kappa shape index (κ2) is 4.28. The van der Waals surface area contributed by atoms with Gasteiger partial charge in [-0.1, -0.05) is 5.16 Å². The van der Waals surface area contributed by atoms with Crippen LogP contribution in [0, 0.1) is 13.8 Å². The average molecular weight is 246 g/mol. The van der Waals surface area contributed by atoms with E-state index in [1.54, 1.807) is 0 Å². The van der Waals surface area contributed by atoms with E-state index < -0.39 is 0 Å². The van der Waals surface area contributed by atoms with Gasteiger partial charge in [-0.05, 0) is 38.7 Å². The molecule has 0 fully saturated rings. The molecule has 4 nitrogen and oxygen atoms in total. The van der Waals surface area contributed by atoms with Crippen LogP contribution >= 0.6 is 0 Å². The molecule has 3 rings (SSSR count). The van der Waals surface area contributed by atoms with Gasteiger partial charge in [0.15, 0.2) is 0 Å². The van der Waals surface area contributed by atoms with Crippen LogP contribution in [0.4, 0.5) is 0 Å². The van der Waals surface area contributed by atoms with E-state index in [2.05, 4.69) is 22.1 Å². The number of rotatable bonds is 2. The van der Waals surface area contributed by atoms with Crippen LogP contribution in [0.25, 0.3) is 0 Å². The summed E-state index contributed by atoms with van der Waals surface area (Å²) in [6, 6.07) is 0. The number of aromatic nitrogens is 2. The van der Waals surface area contributed by atoms with Gasteiger partial charge in [0.1, 0.15) is 5.76 Å². The molecule has 0 aliphatic heterocycles. The first-order chi connectivity index (χ1) is 8.65. The van der Waals surface area contributed by atoms with Crippen LogP contribution in [0.5, 0.6) is 0 Å². The maximum Gasteiger partial charge on any atom is 0.138 e. The van der Waals surface area contributed by atoms with Crippen LogP contribution in [0.2, 0.25) is 0 Å². The largest absolute Gasteiger partial charge is 0.388 e. The van der Waals surface area contributed by atoms with Crippen molar-refractivity contribution in [1.82, 2.24) is 9.72 Å². The predicted octanol–water partition coefficient (Wildman–Crippen LogP) is 2.51. The van der Waals surface area contributed by atoms with E-state index in [1.807, 2.05) is 13.8 Å². The third kappa shape index (κ3) is 1.86. The molecule has 0 saturated heterocycles. The second-order valence-electron chi connectivity index (χ2n) is 5.12. The van der Waals surface area contributed by atoms with E-state index in [-0.39, 0.29) is 6.10 Å². The minimum Gasteiger partial charge on any atom is -0.388 e. The number of fused-ring (bicyclic) bond motifs is 1. The Hall–Kier alpha value is -1.55. The van der Waals surface area contributed by atoms with Crippen LogP contribution in [-0.2, 0) is 13.0 Å². The van der Waals surface area contributed by atoms with Crippen LogP contribution in [0.15, 0.2) is 16.9 Å². The van der Waals surface area contributed by atoms with Gasteiger partial charge < -0.3 is 14.2 Å². The number of aliphatic hydroxyl groups excluding tert-OH is 1. The molecule has 1 aliphatic rings. The van der Waals surface area contributed by atoms with Gasteiger partial charge in [0, 0.05) is 23.5 Å². The fourth-order valence-corrected chi connectivity index (χ4v) is 2.73. The molecule has 1 atom stereocenters. The SMILES string of the molecule is Cc1noc(C)c1Cn1cc2c(c1)C(O)CCC2. The first-order valence-corrected chi connectivity index (χ1v) is 6.43. The molecule has 0 radical (unpaired) electrons. The lowest BCUT2D eigenvalue weighted by Crippen LogP contribution is -2.05. The third-order valence-corrected chi connectivity index (χ3v) is 3.80. The highest BCUT2D eigenvalue weighted by molar-refractivity contribution is 5.30. The van der Waals surface area contributed by atoms with Crippen molar-refractivity contribution in [3.63, 3.8) is 0 Å². The fourth-order valence-electron chi connectivity index (χ4n) is 2.73. The first-order valence-electron chi connectivity index (χ1n) is 6.43. The number of aryl methyl sites for hydroxylation is 3. The Balaban J connectivity index is 1.90. The van der Waals surface area contributed by atoms with E-state index in [0.717, 1.165) is 48.4 Å². The summed E-state index contributed by atoms with van der Waals surface area (Å²) >= 11 is 0. The molecule has 1 unspecified atom stereocenters. The Kier molecular flexibility index (Phi) is 2.74. The molecule has 0 aromatic carbocycles. The quantitative estimate of drug-likeness (QED) is 0.885. The van der Waals surface area contributed by atoms with E-state index in [9.17, 15) is 5.11 Å².